The highest BCUT2D eigenvalue weighted by Crippen LogP contribution is 2.62. The van der Waals surface area contributed by atoms with Crippen molar-refractivity contribution in [2.75, 3.05) is 6.61 Å². The van der Waals surface area contributed by atoms with E-state index in [4.69, 9.17) is 4.74 Å². The first-order valence-corrected chi connectivity index (χ1v) is 9.67. The molecule has 144 valence electrons. The maximum atomic E-state index is 12.4. The summed E-state index contributed by atoms with van der Waals surface area (Å²) in [5.74, 6) is 0.133. The number of nitriles is 1. The van der Waals surface area contributed by atoms with E-state index < -0.39 is 17.0 Å². The van der Waals surface area contributed by atoms with Gasteiger partial charge >= 0.3 is 5.97 Å². The van der Waals surface area contributed by atoms with E-state index in [1.54, 1.807) is 6.92 Å². The number of nitrogens with one attached hydrogen (secondary N) is 1. The molecule has 6 heteroatoms. The van der Waals surface area contributed by atoms with Crippen LogP contribution in [0.25, 0.3) is 0 Å². The summed E-state index contributed by atoms with van der Waals surface area (Å²) in [6.45, 7) is 5.00. The van der Waals surface area contributed by atoms with Gasteiger partial charge in [0.05, 0.1) is 18.1 Å². The lowest BCUT2D eigenvalue weighted by Gasteiger charge is -2.60. The van der Waals surface area contributed by atoms with Gasteiger partial charge in [-0.25, -0.2) is 0 Å². The summed E-state index contributed by atoms with van der Waals surface area (Å²) in [7, 11) is 0. The Bertz CT molecular complexity index is 624. The molecule has 0 radical (unpaired) electrons. The normalized spacial score (nSPS) is 37.1. The molecule has 0 aromatic rings. The lowest BCUT2D eigenvalue weighted by atomic mass is 9.47. The van der Waals surface area contributed by atoms with Crippen molar-refractivity contribution in [3.8, 4) is 6.07 Å². The van der Waals surface area contributed by atoms with Crippen LogP contribution in [0.5, 0.6) is 0 Å². The number of hydrogen-bond donors (Lipinski definition) is 2. The van der Waals surface area contributed by atoms with Crippen LogP contribution in [0.3, 0.4) is 0 Å². The van der Waals surface area contributed by atoms with Crippen molar-refractivity contribution < 1.29 is 19.4 Å². The molecule has 4 fully saturated rings. The van der Waals surface area contributed by atoms with E-state index in [1.807, 2.05) is 13.8 Å². The van der Waals surface area contributed by atoms with Gasteiger partial charge in [0.25, 0.3) is 5.91 Å². The van der Waals surface area contributed by atoms with E-state index in [1.165, 1.54) is 6.42 Å². The molecule has 0 saturated heterocycles. The largest absolute Gasteiger partial charge is 0.456 e. The van der Waals surface area contributed by atoms with Gasteiger partial charge in [0.2, 0.25) is 0 Å². The highest BCUT2D eigenvalue weighted by Gasteiger charge is 2.57. The zero-order valence-corrected chi connectivity index (χ0v) is 16.0. The zero-order valence-electron chi connectivity index (χ0n) is 16.0. The molecule has 4 aliphatic carbocycles. The topological polar surface area (TPSA) is 99.4 Å². The summed E-state index contributed by atoms with van der Waals surface area (Å²) in [5.41, 5.74) is -1.74. The molecule has 0 heterocycles. The molecule has 0 unspecified atom stereocenters. The van der Waals surface area contributed by atoms with Gasteiger partial charge < -0.3 is 15.2 Å². The number of nitrogens with zero attached hydrogens (tertiary/aromatic N) is 1. The summed E-state index contributed by atoms with van der Waals surface area (Å²) < 4.78 is 5.20. The van der Waals surface area contributed by atoms with Gasteiger partial charge in [-0.15, -0.1) is 0 Å². The molecular formula is C20H30N2O4. The molecule has 3 atom stereocenters. The molecule has 26 heavy (non-hydrogen) atoms. The van der Waals surface area contributed by atoms with Gasteiger partial charge in [-0.05, 0) is 68.6 Å². The second-order valence-electron chi connectivity index (χ2n) is 9.54. The molecule has 1 amide bonds. The van der Waals surface area contributed by atoms with E-state index in [-0.39, 0.29) is 30.3 Å². The Morgan fingerprint density at radius 2 is 1.92 bits per heavy atom. The van der Waals surface area contributed by atoms with Crippen molar-refractivity contribution in [3.63, 3.8) is 0 Å². The first kappa shape index (κ1) is 19.2. The molecule has 0 aromatic carbocycles. The maximum Gasteiger partial charge on any atom is 0.306 e. The van der Waals surface area contributed by atoms with Gasteiger partial charge in [0, 0.05) is 0 Å². The fraction of sp³-hybridized carbons (Fsp3) is 0.850. The minimum atomic E-state index is -0.979. The number of aliphatic hydroxyl groups is 1. The van der Waals surface area contributed by atoms with Crippen molar-refractivity contribution in [2.24, 2.45) is 23.2 Å². The predicted octanol–water partition coefficient (Wildman–Crippen LogP) is 2.31. The van der Waals surface area contributed by atoms with Crippen LogP contribution < -0.4 is 5.32 Å². The monoisotopic (exact) mass is 362 g/mol. The third-order valence-electron chi connectivity index (χ3n) is 6.82. The van der Waals surface area contributed by atoms with Crippen LogP contribution in [0, 0.1) is 34.5 Å². The smallest absolute Gasteiger partial charge is 0.306 e. The van der Waals surface area contributed by atoms with Crippen molar-refractivity contribution in [3.05, 3.63) is 0 Å². The lowest BCUT2D eigenvalue weighted by Crippen LogP contribution is -2.56. The van der Waals surface area contributed by atoms with Crippen molar-refractivity contribution in [2.45, 2.75) is 76.9 Å². The molecule has 4 aliphatic rings. The first-order valence-electron chi connectivity index (χ1n) is 9.67. The molecule has 2 N–H and O–H groups in total. The van der Waals surface area contributed by atoms with Crippen LogP contribution in [-0.4, -0.2) is 34.7 Å². The number of esters is 1. The Hall–Kier alpha value is -1.61. The summed E-state index contributed by atoms with van der Waals surface area (Å²) >= 11 is 0. The van der Waals surface area contributed by atoms with Gasteiger partial charge in [0.1, 0.15) is 5.54 Å². The molecular weight excluding hydrogens is 332 g/mol. The summed E-state index contributed by atoms with van der Waals surface area (Å²) in [5, 5.41) is 22.7. The van der Waals surface area contributed by atoms with Gasteiger partial charge in [-0.1, -0.05) is 13.8 Å². The Morgan fingerprint density at radius 3 is 2.42 bits per heavy atom. The SMILES string of the molecule is CC(C)[C@](C)(C#N)NC(=O)COC(=O)CC12C[C@@H]3C[C@H](CC(O)(C3)C1)C2. The minimum Gasteiger partial charge on any atom is -0.456 e. The number of rotatable bonds is 6. The summed E-state index contributed by atoms with van der Waals surface area (Å²) in [4.78, 5) is 24.4. The third kappa shape index (κ3) is 3.73. The van der Waals surface area contributed by atoms with Crippen molar-refractivity contribution in [1.29, 1.82) is 5.26 Å². The fourth-order valence-corrected chi connectivity index (χ4v) is 5.74. The van der Waals surface area contributed by atoms with Crippen molar-refractivity contribution in [1.82, 2.24) is 5.32 Å². The third-order valence-corrected chi connectivity index (χ3v) is 6.82. The highest BCUT2D eigenvalue weighted by molar-refractivity contribution is 5.81. The van der Waals surface area contributed by atoms with Crippen LogP contribution in [0.2, 0.25) is 0 Å². The number of ether oxygens (including phenoxy) is 1. The van der Waals surface area contributed by atoms with Crippen LogP contribution in [0.1, 0.15) is 65.7 Å². The van der Waals surface area contributed by atoms with E-state index >= 15 is 0 Å². The molecule has 4 bridgehead atoms. The number of amides is 1. The number of carbonyl (C=O) groups excluding carboxylic acids is 2. The number of hydrogen-bond acceptors (Lipinski definition) is 5. The molecule has 6 nitrogen and oxygen atoms in total. The fourth-order valence-electron chi connectivity index (χ4n) is 5.74. The zero-order chi connectivity index (χ0) is 19.2. The Morgan fingerprint density at radius 1 is 1.31 bits per heavy atom. The van der Waals surface area contributed by atoms with Crippen LogP contribution >= 0.6 is 0 Å². The average Bonchev–Trinajstić information content (AvgIpc) is 2.49. The van der Waals surface area contributed by atoms with E-state index in [0.717, 1.165) is 25.7 Å². The predicted molar refractivity (Wildman–Crippen MR) is 94.6 cm³/mol. The van der Waals surface area contributed by atoms with Crippen LogP contribution in [0.4, 0.5) is 0 Å². The molecule has 0 aliphatic heterocycles. The molecule has 4 saturated carbocycles. The first-order chi connectivity index (χ1) is 12.1. The quantitative estimate of drug-likeness (QED) is 0.706. The maximum absolute atomic E-state index is 12.4. The van der Waals surface area contributed by atoms with E-state index in [9.17, 15) is 20.0 Å². The molecule has 0 spiro atoms. The average molecular weight is 362 g/mol. The Labute approximate surface area is 155 Å². The number of carbonyl (C=O) groups is 2. The van der Waals surface area contributed by atoms with Crippen molar-refractivity contribution >= 4 is 11.9 Å². The second-order valence-corrected chi connectivity index (χ2v) is 9.54. The van der Waals surface area contributed by atoms with E-state index in [0.29, 0.717) is 18.3 Å². The highest BCUT2D eigenvalue weighted by atomic mass is 16.5. The van der Waals surface area contributed by atoms with Crippen LogP contribution in [0.15, 0.2) is 0 Å². The summed E-state index contributed by atoms with van der Waals surface area (Å²) in [6, 6.07) is 2.10. The molecule has 0 aromatic heterocycles. The van der Waals surface area contributed by atoms with Crippen LogP contribution in [-0.2, 0) is 14.3 Å². The summed E-state index contributed by atoms with van der Waals surface area (Å²) in [6.07, 6.45) is 5.81. The standard InChI is InChI=1S/C20H30N2O4/c1-13(2)18(3,12-21)22-16(23)10-26-17(24)9-19-5-14-4-15(6-19)8-20(25,7-14)11-19/h13-15,25H,4-11H2,1-3H3,(H,22,23)/t14-,15-,18-,19?,20?/m0/s1. The second kappa shape index (κ2) is 6.53. The molecule has 4 rings (SSSR count). The van der Waals surface area contributed by atoms with Gasteiger partial charge in [0.15, 0.2) is 6.61 Å². The van der Waals surface area contributed by atoms with Gasteiger partial charge in [-0.3, -0.25) is 9.59 Å². The Kier molecular flexibility index (Phi) is 4.81. The van der Waals surface area contributed by atoms with Gasteiger partial charge in [-0.2, -0.15) is 5.26 Å². The lowest BCUT2D eigenvalue weighted by molar-refractivity contribution is -0.177. The minimum absolute atomic E-state index is 0.0556. The van der Waals surface area contributed by atoms with E-state index in [2.05, 4.69) is 11.4 Å². The Balaban J connectivity index is 1.52.